The minimum absolute atomic E-state index is 0.126. The Balaban J connectivity index is 1.78. The van der Waals surface area contributed by atoms with Gasteiger partial charge >= 0.3 is 5.97 Å². The molecule has 2 aliphatic rings. The summed E-state index contributed by atoms with van der Waals surface area (Å²) in [5, 5.41) is 0. The number of likely N-dealkylation sites (tertiary alicyclic amines) is 1. The zero-order valence-corrected chi connectivity index (χ0v) is 13.3. The van der Waals surface area contributed by atoms with Crippen LogP contribution in [0.4, 0.5) is 0 Å². The molecule has 1 saturated heterocycles. The lowest BCUT2D eigenvalue weighted by atomic mass is 10.1. The van der Waals surface area contributed by atoms with Crippen molar-refractivity contribution >= 4 is 35.1 Å². The van der Waals surface area contributed by atoms with Crippen molar-refractivity contribution in [2.75, 3.05) is 19.7 Å². The monoisotopic (exact) mass is 321 g/mol. The third-order valence-electron chi connectivity index (χ3n) is 4.24. The number of nitrogens with zero attached hydrogens (tertiary/aromatic N) is 1. The zero-order chi connectivity index (χ0) is 14.8. The molecule has 0 radical (unpaired) electrons. The van der Waals surface area contributed by atoms with Crippen LogP contribution < -0.4 is 0 Å². The minimum atomic E-state index is -1.05. The molecular formula is C14H21Cl2NO3. The van der Waals surface area contributed by atoms with Crippen molar-refractivity contribution in [3.8, 4) is 0 Å². The van der Waals surface area contributed by atoms with Crippen LogP contribution in [0.25, 0.3) is 0 Å². The number of carbonyl (C=O) groups is 2. The van der Waals surface area contributed by atoms with Crippen molar-refractivity contribution in [1.82, 2.24) is 4.90 Å². The van der Waals surface area contributed by atoms with E-state index in [1.54, 1.807) is 11.8 Å². The molecule has 0 aromatic rings. The van der Waals surface area contributed by atoms with E-state index in [-0.39, 0.29) is 12.5 Å². The van der Waals surface area contributed by atoms with E-state index in [1.165, 1.54) is 6.42 Å². The minimum Gasteiger partial charge on any atom is -0.455 e. The van der Waals surface area contributed by atoms with E-state index < -0.39 is 15.7 Å². The van der Waals surface area contributed by atoms with E-state index in [9.17, 15) is 9.59 Å². The molecule has 114 valence electrons. The summed E-state index contributed by atoms with van der Waals surface area (Å²) >= 11 is 11.8. The number of carbonyl (C=O) groups excluding carboxylic acids is 2. The number of esters is 1. The molecule has 2 fully saturated rings. The van der Waals surface area contributed by atoms with Gasteiger partial charge in [0.15, 0.2) is 6.61 Å². The van der Waals surface area contributed by atoms with Gasteiger partial charge in [0.2, 0.25) is 0 Å². The van der Waals surface area contributed by atoms with Gasteiger partial charge in [0.1, 0.15) is 9.75 Å². The highest BCUT2D eigenvalue weighted by molar-refractivity contribution is 6.53. The van der Waals surface area contributed by atoms with E-state index in [2.05, 4.69) is 0 Å². The number of halogens is 2. The summed E-state index contributed by atoms with van der Waals surface area (Å²) in [6, 6.07) is 0. The molecule has 6 heteroatoms. The Morgan fingerprint density at radius 3 is 2.10 bits per heavy atom. The van der Waals surface area contributed by atoms with E-state index in [4.69, 9.17) is 27.9 Å². The smallest absolute Gasteiger partial charge is 0.315 e. The van der Waals surface area contributed by atoms with Crippen LogP contribution in [0.2, 0.25) is 0 Å². The largest absolute Gasteiger partial charge is 0.455 e. The van der Waals surface area contributed by atoms with Crippen LogP contribution in [0.15, 0.2) is 0 Å². The van der Waals surface area contributed by atoms with Gasteiger partial charge < -0.3 is 9.64 Å². The first-order valence-corrected chi connectivity index (χ1v) is 7.95. The van der Waals surface area contributed by atoms with E-state index >= 15 is 0 Å². The van der Waals surface area contributed by atoms with Gasteiger partial charge in [-0.25, -0.2) is 0 Å². The quantitative estimate of drug-likeness (QED) is 0.593. The first kappa shape index (κ1) is 15.9. The van der Waals surface area contributed by atoms with Crippen molar-refractivity contribution in [2.45, 2.75) is 49.8 Å². The van der Waals surface area contributed by atoms with Gasteiger partial charge in [0, 0.05) is 19.5 Å². The SMILES string of the molecule is CC1(C(=O)OCC(=O)N2CCCCCCC2)CC1(Cl)Cl. The highest BCUT2D eigenvalue weighted by Gasteiger charge is 2.69. The molecule has 0 bridgehead atoms. The van der Waals surface area contributed by atoms with Gasteiger partial charge in [-0.2, -0.15) is 0 Å². The highest BCUT2D eigenvalue weighted by atomic mass is 35.5. The van der Waals surface area contributed by atoms with Gasteiger partial charge in [-0.1, -0.05) is 19.3 Å². The summed E-state index contributed by atoms with van der Waals surface area (Å²) in [6.45, 7) is 2.96. The number of rotatable bonds is 3. The molecule has 20 heavy (non-hydrogen) atoms. The third-order valence-corrected chi connectivity index (χ3v) is 5.35. The molecule has 1 unspecified atom stereocenters. The van der Waals surface area contributed by atoms with Crippen LogP contribution in [0, 0.1) is 5.41 Å². The second kappa shape index (κ2) is 6.10. The van der Waals surface area contributed by atoms with Gasteiger partial charge in [0.25, 0.3) is 5.91 Å². The van der Waals surface area contributed by atoms with Crippen molar-refractivity contribution in [1.29, 1.82) is 0 Å². The number of alkyl halides is 2. The Bertz CT molecular complexity index is 392. The maximum absolute atomic E-state index is 12.1. The molecule has 1 aliphatic carbocycles. The third kappa shape index (κ3) is 3.40. The second-order valence-electron chi connectivity index (χ2n) is 5.94. The zero-order valence-electron chi connectivity index (χ0n) is 11.8. The maximum Gasteiger partial charge on any atom is 0.315 e. The van der Waals surface area contributed by atoms with Crippen molar-refractivity contribution in [2.24, 2.45) is 5.41 Å². The molecule has 1 aliphatic heterocycles. The van der Waals surface area contributed by atoms with Crippen molar-refractivity contribution < 1.29 is 14.3 Å². The molecule has 4 nitrogen and oxygen atoms in total. The Hall–Kier alpha value is -0.480. The fourth-order valence-corrected chi connectivity index (χ4v) is 3.18. The van der Waals surface area contributed by atoms with Crippen LogP contribution in [-0.4, -0.2) is 40.8 Å². The molecule has 0 aromatic carbocycles. The molecule has 1 heterocycles. The summed E-state index contributed by atoms with van der Waals surface area (Å²) in [5.41, 5.74) is -0.868. The van der Waals surface area contributed by atoms with Crippen LogP contribution in [-0.2, 0) is 14.3 Å². The molecule has 0 aromatic heterocycles. The summed E-state index contributed by atoms with van der Waals surface area (Å²) in [4.78, 5) is 25.7. The van der Waals surface area contributed by atoms with E-state index in [1.807, 2.05) is 0 Å². The number of amides is 1. The predicted octanol–water partition coefficient (Wildman–Crippen LogP) is 2.91. The Labute approximate surface area is 129 Å². The van der Waals surface area contributed by atoms with E-state index in [0.29, 0.717) is 6.42 Å². The molecule has 0 spiro atoms. The lowest BCUT2D eigenvalue weighted by molar-refractivity contribution is -0.156. The summed E-state index contributed by atoms with van der Waals surface area (Å²) < 4.78 is 4.04. The van der Waals surface area contributed by atoms with Crippen LogP contribution in [0.1, 0.15) is 45.4 Å². The second-order valence-corrected chi connectivity index (χ2v) is 7.42. The molecule has 0 N–H and O–H groups in total. The Kier molecular flexibility index (Phi) is 4.85. The molecule has 2 rings (SSSR count). The maximum atomic E-state index is 12.1. The first-order valence-electron chi connectivity index (χ1n) is 7.20. The van der Waals surface area contributed by atoms with Gasteiger partial charge in [-0.3, -0.25) is 9.59 Å². The van der Waals surface area contributed by atoms with Crippen LogP contribution in [0.5, 0.6) is 0 Å². The Morgan fingerprint density at radius 1 is 1.10 bits per heavy atom. The van der Waals surface area contributed by atoms with E-state index in [0.717, 1.165) is 38.8 Å². The Morgan fingerprint density at radius 2 is 1.60 bits per heavy atom. The lowest BCUT2D eigenvalue weighted by Crippen LogP contribution is -2.37. The number of hydrogen-bond donors (Lipinski definition) is 0. The molecule has 1 saturated carbocycles. The topological polar surface area (TPSA) is 46.6 Å². The van der Waals surface area contributed by atoms with Gasteiger partial charge in [-0.05, 0) is 19.8 Å². The molecule has 1 amide bonds. The lowest BCUT2D eigenvalue weighted by Gasteiger charge is -2.24. The summed E-state index contributed by atoms with van der Waals surface area (Å²) in [6.07, 6.45) is 5.96. The fraction of sp³-hybridized carbons (Fsp3) is 0.857. The number of ether oxygens (including phenoxy) is 1. The van der Waals surface area contributed by atoms with Crippen molar-refractivity contribution in [3.63, 3.8) is 0 Å². The summed E-state index contributed by atoms with van der Waals surface area (Å²) in [5.74, 6) is -0.609. The first-order chi connectivity index (χ1) is 9.37. The van der Waals surface area contributed by atoms with Crippen LogP contribution in [0.3, 0.4) is 0 Å². The van der Waals surface area contributed by atoms with Gasteiger partial charge in [-0.15, -0.1) is 23.2 Å². The number of hydrogen-bond acceptors (Lipinski definition) is 3. The average molecular weight is 322 g/mol. The average Bonchev–Trinajstić information content (AvgIpc) is 2.86. The molecular weight excluding hydrogens is 301 g/mol. The summed E-state index contributed by atoms with van der Waals surface area (Å²) in [7, 11) is 0. The van der Waals surface area contributed by atoms with Gasteiger partial charge in [0.05, 0.1) is 0 Å². The normalized spacial score (nSPS) is 29.2. The van der Waals surface area contributed by atoms with Crippen molar-refractivity contribution in [3.05, 3.63) is 0 Å². The standard InChI is InChI=1S/C14H21Cl2NO3/c1-13(10-14(13,15)16)12(19)20-9-11(18)17-7-5-3-2-4-6-8-17/h2-10H2,1H3. The highest BCUT2D eigenvalue weighted by Crippen LogP contribution is 2.64. The molecule has 1 atom stereocenters. The predicted molar refractivity (Wildman–Crippen MR) is 77.8 cm³/mol. The fourth-order valence-electron chi connectivity index (χ4n) is 2.50. The van der Waals surface area contributed by atoms with Crippen LogP contribution >= 0.6 is 23.2 Å².